The number of nitrogens with two attached hydrogens (primary N) is 1. The van der Waals surface area contributed by atoms with Crippen LogP contribution in [-0.2, 0) is 0 Å². The van der Waals surface area contributed by atoms with Gasteiger partial charge in [-0.2, -0.15) is 0 Å². The van der Waals surface area contributed by atoms with Crippen LogP contribution in [-0.4, -0.2) is 35.1 Å². The standard InChI is InChI=1S/C10H23N3O/c1-4-6-7-13(9(3)5-2)8-10(11)12-14/h9,14H,4-8H2,1-3H3,(H2,11,12). The van der Waals surface area contributed by atoms with E-state index in [1.807, 2.05) is 0 Å². The molecule has 0 aliphatic rings. The zero-order valence-corrected chi connectivity index (χ0v) is 9.53. The Labute approximate surface area is 86.8 Å². The van der Waals surface area contributed by atoms with Crippen molar-refractivity contribution in [3.63, 3.8) is 0 Å². The molecule has 0 amide bonds. The number of rotatable bonds is 7. The Morgan fingerprint density at radius 2 is 2.14 bits per heavy atom. The quantitative estimate of drug-likeness (QED) is 0.285. The fraction of sp³-hybridized carbons (Fsp3) is 0.900. The average Bonchev–Trinajstić information content (AvgIpc) is 2.22. The number of nitrogens with zero attached hydrogens (tertiary/aromatic N) is 2. The second-order valence-corrected chi connectivity index (χ2v) is 3.67. The molecule has 0 fully saturated rings. The Bertz CT molecular complexity index is 171. The first kappa shape index (κ1) is 13.2. The number of hydrogen-bond acceptors (Lipinski definition) is 3. The first-order chi connectivity index (χ1) is 6.65. The molecule has 1 unspecified atom stereocenters. The number of oxime groups is 1. The zero-order valence-electron chi connectivity index (χ0n) is 9.53. The molecule has 0 aliphatic carbocycles. The molecule has 4 heteroatoms. The first-order valence-electron chi connectivity index (χ1n) is 5.36. The van der Waals surface area contributed by atoms with Crippen molar-refractivity contribution in [3.8, 4) is 0 Å². The van der Waals surface area contributed by atoms with Crippen molar-refractivity contribution in [1.82, 2.24) is 4.90 Å². The highest BCUT2D eigenvalue weighted by Gasteiger charge is 2.12. The molecule has 1 atom stereocenters. The van der Waals surface area contributed by atoms with Gasteiger partial charge in [-0.1, -0.05) is 25.4 Å². The van der Waals surface area contributed by atoms with Crippen molar-refractivity contribution in [2.45, 2.75) is 46.1 Å². The number of unbranched alkanes of at least 4 members (excludes halogenated alkanes) is 1. The minimum absolute atomic E-state index is 0.293. The maximum absolute atomic E-state index is 8.50. The molecule has 0 bridgehead atoms. The summed E-state index contributed by atoms with van der Waals surface area (Å²) in [5.41, 5.74) is 5.50. The molecule has 0 heterocycles. The zero-order chi connectivity index (χ0) is 11.0. The monoisotopic (exact) mass is 201 g/mol. The summed E-state index contributed by atoms with van der Waals surface area (Å²) in [6, 6.07) is 0.488. The van der Waals surface area contributed by atoms with Gasteiger partial charge in [0.1, 0.15) is 0 Å². The van der Waals surface area contributed by atoms with Crippen LogP contribution in [0, 0.1) is 0 Å². The summed E-state index contributed by atoms with van der Waals surface area (Å²) < 4.78 is 0. The van der Waals surface area contributed by atoms with Crippen LogP contribution in [0.15, 0.2) is 5.16 Å². The van der Waals surface area contributed by atoms with Gasteiger partial charge in [0, 0.05) is 6.04 Å². The predicted molar refractivity (Wildman–Crippen MR) is 59.6 cm³/mol. The van der Waals surface area contributed by atoms with Gasteiger partial charge in [-0.15, -0.1) is 0 Å². The lowest BCUT2D eigenvalue weighted by molar-refractivity contribution is 0.225. The Morgan fingerprint density at radius 3 is 2.57 bits per heavy atom. The van der Waals surface area contributed by atoms with Gasteiger partial charge in [-0.25, -0.2) is 0 Å². The van der Waals surface area contributed by atoms with E-state index in [2.05, 4.69) is 30.8 Å². The van der Waals surface area contributed by atoms with Crippen LogP contribution >= 0.6 is 0 Å². The highest BCUT2D eigenvalue weighted by Crippen LogP contribution is 2.05. The molecule has 3 N–H and O–H groups in total. The van der Waals surface area contributed by atoms with Gasteiger partial charge in [0.2, 0.25) is 0 Å². The highest BCUT2D eigenvalue weighted by atomic mass is 16.4. The molecule has 0 spiro atoms. The molecular formula is C10H23N3O. The van der Waals surface area contributed by atoms with Crippen molar-refractivity contribution >= 4 is 5.84 Å². The van der Waals surface area contributed by atoms with Crippen LogP contribution in [0.1, 0.15) is 40.0 Å². The van der Waals surface area contributed by atoms with E-state index < -0.39 is 0 Å². The van der Waals surface area contributed by atoms with E-state index in [0.717, 1.165) is 19.4 Å². The van der Waals surface area contributed by atoms with Crippen LogP contribution in [0.5, 0.6) is 0 Å². The fourth-order valence-corrected chi connectivity index (χ4v) is 1.31. The molecule has 84 valence electrons. The summed E-state index contributed by atoms with van der Waals surface area (Å²) in [5, 5.41) is 11.5. The lowest BCUT2D eigenvalue weighted by Gasteiger charge is -2.27. The normalized spacial score (nSPS) is 14.7. The van der Waals surface area contributed by atoms with Gasteiger partial charge in [0.15, 0.2) is 5.84 Å². The third-order valence-corrected chi connectivity index (χ3v) is 2.51. The summed E-state index contributed by atoms with van der Waals surface area (Å²) in [5.74, 6) is 0.293. The fourth-order valence-electron chi connectivity index (χ4n) is 1.31. The molecule has 0 rings (SSSR count). The minimum atomic E-state index is 0.293. The lowest BCUT2D eigenvalue weighted by atomic mass is 10.2. The lowest BCUT2D eigenvalue weighted by Crippen LogP contribution is -2.40. The van der Waals surface area contributed by atoms with E-state index in [-0.39, 0.29) is 0 Å². The molecule has 4 nitrogen and oxygen atoms in total. The van der Waals surface area contributed by atoms with Crippen molar-refractivity contribution in [3.05, 3.63) is 0 Å². The van der Waals surface area contributed by atoms with Crippen molar-refractivity contribution in [2.24, 2.45) is 10.9 Å². The second kappa shape index (κ2) is 7.62. The van der Waals surface area contributed by atoms with Crippen LogP contribution in [0.2, 0.25) is 0 Å². The van der Waals surface area contributed by atoms with Gasteiger partial charge >= 0.3 is 0 Å². The molecule has 0 aromatic carbocycles. The Hall–Kier alpha value is -0.770. The summed E-state index contributed by atoms with van der Waals surface area (Å²) in [7, 11) is 0. The van der Waals surface area contributed by atoms with E-state index in [4.69, 9.17) is 10.9 Å². The van der Waals surface area contributed by atoms with Crippen LogP contribution < -0.4 is 5.73 Å². The minimum Gasteiger partial charge on any atom is -0.409 e. The van der Waals surface area contributed by atoms with E-state index in [9.17, 15) is 0 Å². The topological polar surface area (TPSA) is 61.8 Å². The Balaban J connectivity index is 4.09. The highest BCUT2D eigenvalue weighted by molar-refractivity contribution is 5.81. The molecule has 0 aliphatic heterocycles. The van der Waals surface area contributed by atoms with Crippen LogP contribution in [0.4, 0.5) is 0 Å². The SMILES string of the molecule is CCCCN(CC(N)=NO)C(C)CC. The second-order valence-electron chi connectivity index (χ2n) is 3.67. The van der Waals surface area contributed by atoms with Gasteiger partial charge in [-0.3, -0.25) is 4.90 Å². The van der Waals surface area contributed by atoms with Crippen LogP contribution in [0.25, 0.3) is 0 Å². The summed E-state index contributed by atoms with van der Waals surface area (Å²) in [4.78, 5) is 2.25. The summed E-state index contributed by atoms with van der Waals surface area (Å²) in [6.07, 6.45) is 3.41. The van der Waals surface area contributed by atoms with Crippen molar-refractivity contribution < 1.29 is 5.21 Å². The molecular weight excluding hydrogens is 178 g/mol. The van der Waals surface area contributed by atoms with Crippen LogP contribution in [0.3, 0.4) is 0 Å². The predicted octanol–water partition coefficient (Wildman–Crippen LogP) is 1.63. The number of amidine groups is 1. The molecule has 0 aromatic heterocycles. The van der Waals surface area contributed by atoms with E-state index >= 15 is 0 Å². The molecule has 0 radical (unpaired) electrons. The molecule has 14 heavy (non-hydrogen) atoms. The van der Waals surface area contributed by atoms with Crippen molar-refractivity contribution in [2.75, 3.05) is 13.1 Å². The van der Waals surface area contributed by atoms with Gasteiger partial charge in [-0.05, 0) is 26.3 Å². The van der Waals surface area contributed by atoms with Crippen molar-refractivity contribution in [1.29, 1.82) is 0 Å². The Kier molecular flexibility index (Phi) is 7.20. The van der Waals surface area contributed by atoms with Gasteiger partial charge in [0.05, 0.1) is 6.54 Å². The summed E-state index contributed by atoms with van der Waals surface area (Å²) >= 11 is 0. The third kappa shape index (κ3) is 5.07. The smallest absolute Gasteiger partial charge is 0.153 e. The number of hydrogen-bond donors (Lipinski definition) is 2. The maximum Gasteiger partial charge on any atom is 0.153 e. The first-order valence-corrected chi connectivity index (χ1v) is 5.36. The largest absolute Gasteiger partial charge is 0.409 e. The van der Waals surface area contributed by atoms with Gasteiger partial charge in [0.25, 0.3) is 0 Å². The summed E-state index contributed by atoms with van der Waals surface area (Å²) in [6.45, 7) is 8.06. The van der Waals surface area contributed by atoms with E-state index in [1.54, 1.807) is 0 Å². The molecule has 0 saturated heterocycles. The molecule has 0 aromatic rings. The maximum atomic E-state index is 8.50. The Morgan fingerprint density at radius 1 is 1.50 bits per heavy atom. The van der Waals surface area contributed by atoms with E-state index in [1.165, 1.54) is 6.42 Å². The molecule has 0 saturated carbocycles. The van der Waals surface area contributed by atoms with E-state index in [0.29, 0.717) is 18.4 Å². The van der Waals surface area contributed by atoms with Gasteiger partial charge < -0.3 is 10.9 Å². The average molecular weight is 201 g/mol. The third-order valence-electron chi connectivity index (χ3n) is 2.51.